The minimum atomic E-state index is -4.41. The van der Waals surface area contributed by atoms with Crippen molar-refractivity contribution in [3.8, 4) is 5.75 Å². The zero-order chi connectivity index (χ0) is 24.9. The number of hydrogen-bond donors (Lipinski definition) is 0. The topological polar surface area (TPSA) is 28.1 Å². The van der Waals surface area contributed by atoms with Crippen LogP contribution in [-0.2, 0) is 0 Å². The zero-order valence-corrected chi connectivity index (χ0v) is 20.9. The van der Waals surface area contributed by atoms with Gasteiger partial charge in [0.2, 0.25) is 0 Å². The second-order valence-corrected chi connectivity index (χ2v) is 8.81. The molecule has 2 heterocycles. The highest BCUT2D eigenvalue weighted by Crippen LogP contribution is 2.36. The minimum Gasteiger partial charge on any atom is -0.490 e. The number of ether oxygens (including phenoxy) is 1. The maximum absolute atomic E-state index is 13.3. The average molecular weight is 496 g/mol. The van der Waals surface area contributed by atoms with Gasteiger partial charge in [0.1, 0.15) is 17.6 Å². The molecule has 4 rings (SSSR count). The van der Waals surface area contributed by atoms with Crippen LogP contribution in [0.1, 0.15) is 47.0 Å². The first-order valence-electron chi connectivity index (χ1n) is 12.0. The molecule has 2 aliphatic rings. The van der Waals surface area contributed by atoms with Gasteiger partial charge >= 0.3 is 6.18 Å². The van der Waals surface area contributed by atoms with Crippen LogP contribution in [0, 0.1) is 5.92 Å². The zero-order valence-electron chi connectivity index (χ0n) is 20.1. The van der Waals surface area contributed by atoms with Crippen LogP contribution in [-0.4, -0.2) is 37.1 Å². The van der Waals surface area contributed by atoms with Crippen molar-refractivity contribution < 1.29 is 17.9 Å². The van der Waals surface area contributed by atoms with E-state index in [1.165, 1.54) is 5.01 Å². The number of anilines is 2. The number of nitrogens with zero attached hydrogens (tertiary/aromatic N) is 3. The molecule has 0 amide bonds. The van der Waals surface area contributed by atoms with Crippen molar-refractivity contribution in [3.63, 3.8) is 0 Å². The van der Waals surface area contributed by atoms with E-state index in [0.717, 1.165) is 42.4 Å². The van der Waals surface area contributed by atoms with Crippen LogP contribution >= 0.6 is 11.6 Å². The molecule has 2 aliphatic heterocycles. The molecule has 1 unspecified atom stereocenters. The number of rotatable bonds is 5. The lowest BCUT2D eigenvalue weighted by atomic mass is 9.95. The molecule has 0 aromatic heterocycles. The number of hydrogen-bond acceptors (Lipinski definition) is 4. The molecule has 1 saturated heterocycles. The second-order valence-electron chi connectivity index (χ2n) is 8.37. The molecule has 0 aliphatic carbocycles. The van der Waals surface area contributed by atoms with Gasteiger partial charge in [-0.1, -0.05) is 45.4 Å². The van der Waals surface area contributed by atoms with Crippen LogP contribution in [0.3, 0.4) is 0 Å². The van der Waals surface area contributed by atoms with Crippen LogP contribution in [0.15, 0.2) is 53.6 Å². The Morgan fingerprint density at radius 1 is 1.03 bits per heavy atom. The fraction of sp³-hybridized carbons (Fsp3) is 0.500. The monoisotopic (exact) mass is 495 g/mol. The highest BCUT2D eigenvalue weighted by Gasteiger charge is 2.47. The van der Waals surface area contributed by atoms with Crippen molar-refractivity contribution in [1.29, 1.82) is 0 Å². The van der Waals surface area contributed by atoms with Crippen LogP contribution in [0.4, 0.5) is 24.5 Å². The summed E-state index contributed by atoms with van der Waals surface area (Å²) in [5.74, 6) is 0.0517. The molecule has 2 atom stereocenters. The van der Waals surface area contributed by atoms with Gasteiger partial charge in [0.25, 0.3) is 0 Å². The van der Waals surface area contributed by atoms with Crippen LogP contribution in [0.2, 0.25) is 5.02 Å². The molecular formula is C26H33ClF3N3O. The molecule has 0 bridgehead atoms. The molecule has 2 aromatic carbocycles. The average Bonchev–Trinajstić information content (AvgIpc) is 3.18. The van der Waals surface area contributed by atoms with E-state index in [4.69, 9.17) is 16.3 Å². The maximum atomic E-state index is 13.3. The Labute approximate surface area is 205 Å². The fourth-order valence-electron chi connectivity index (χ4n) is 4.54. The third-order valence-corrected chi connectivity index (χ3v) is 6.50. The van der Waals surface area contributed by atoms with E-state index < -0.39 is 17.8 Å². The first-order chi connectivity index (χ1) is 16.3. The van der Waals surface area contributed by atoms with Crippen molar-refractivity contribution in [2.24, 2.45) is 11.0 Å². The van der Waals surface area contributed by atoms with Gasteiger partial charge in [-0.15, -0.1) is 0 Å². The van der Waals surface area contributed by atoms with Crippen molar-refractivity contribution in [3.05, 3.63) is 53.6 Å². The predicted molar refractivity (Wildman–Crippen MR) is 134 cm³/mol. The summed E-state index contributed by atoms with van der Waals surface area (Å²) in [6, 6.07) is 14.7. The third-order valence-electron chi connectivity index (χ3n) is 6.27. The summed E-state index contributed by atoms with van der Waals surface area (Å²) in [7, 11) is 0. The molecule has 2 aromatic rings. The molecule has 0 radical (unpaired) electrons. The Morgan fingerprint density at radius 2 is 1.68 bits per heavy atom. The maximum Gasteiger partial charge on any atom is 0.431 e. The number of benzene rings is 2. The molecule has 0 saturated carbocycles. The van der Waals surface area contributed by atoms with E-state index in [2.05, 4.69) is 16.1 Å². The predicted octanol–water partition coefficient (Wildman–Crippen LogP) is 7.57. The molecule has 0 N–H and O–H groups in total. The van der Waals surface area contributed by atoms with Crippen LogP contribution in [0.5, 0.6) is 5.75 Å². The van der Waals surface area contributed by atoms with Crippen LogP contribution in [0.25, 0.3) is 0 Å². The van der Waals surface area contributed by atoms with Crippen molar-refractivity contribution in [2.45, 2.75) is 65.3 Å². The SMILES string of the molecule is CC.CC[C@H]1C(C)C(C(F)(F)F)=NN1c1ccc(OC2CCN(c3cccc(Cl)c3)CC2)cc1. The highest BCUT2D eigenvalue weighted by molar-refractivity contribution is 6.30. The van der Waals surface area contributed by atoms with Gasteiger partial charge in [-0.05, 0) is 48.9 Å². The van der Waals surface area contributed by atoms with Gasteiger partial charge < -0.3 is 9.64 Å². The molecule has 34 heavy (non-hydrogen) atoms. The minimum absolute atomic E-state index is 0.0985. The number of piperidine rings is 1. The lowest BCUT2D eigenvalue weighted by molar-refractivity contribution is -0.0620. The Bertz CT molecular complexity index is 957. The summed E-state index contributed by atoms with van der Waals surface area (Å²) in [6.07, 6.45) is -1.97. The van der Waals surface area contributed by atoms with Crippen LogP contribution < -0.4 is 14.6 Å². The first-order valence-corrected chi connectivity index (χ1v) is 12.4. The van der Waals surface area contributed by atoms with Crippen molar-refractivity contribution in [2.75, 3.05) is 23.0 Å². The summed E-state index contributed by atoms with van der Waals surface area (Å²) in [5.41, 5.74) is 1.05. The Hall–Kier alpha value is -2.41. The van der Waals surface area contributed by atoms with Gasteiger partial charge in [-0.25, -0.2) is 0 Å². The number of alkyl halides is 3. The largest absolute Gasteiger partial charge is 0.490 e. The Balaban J connectivity index is 0.00000158. The summed E-state index contributed by atoms with van der Waals surface area (Å²) < 4.78 is 46.1. The quantitative estimate of drug-likeness (QED) is 0.428. The second kappa shape index (κ2) is 11.3. The number of halogens is 4. The van der Waals surface area contributed by atoms with Crippen molar-refractivity contribution in [1.82, 2.24) is 0 Å². The van der Waals surface area contributed by atoms with E-state index in [1.54, 1.807) is 19.1 Å². The van der Waals surface area contributed by atoms with Gasteiger partial charge in [-0.3, -0.25) is 5.01 Å². The van der Waals surface area contributed by atoms with E-state index in [0.29, 0.717) is 12.1 Å². The van der Waals surface area contributed by atoms with Gasteiger partial charge in [0.05, 0.1) is 11.7 Å². The summed E-state index contributed by atoms with van der Waals surface area (Å²) in [6.45, 7) is 9.23. The van der Waals surface area contributed by atoms with Gasteiger partial charge in [0.15, 0.2) is 0 Å². The van der Waals surface area contributed by atoms with Crippen molar-refractivity contribution >= 4 is 28.7 Å². The Kier molecular flexibility index (Phi) is 8.74. The lowest BCUT2D eigenvalue weighted by Gasteiger charge is -2.34. The molecule has 4 nitrogen and oxygen atoms in total. The van der Waals surface area contributed by atoms with Gasteiger partial charge in [0, 0.05) is 42.6 Å². The smallest absolute Gasteiger partial charge is 0.431 e. The third kappa shape index (κ3) is 5.98. The first kappa shape index (κ1) is 26.2. The van der Waals surface area contributed by atoms with E-state index >= 15 is 0 Å². The van der Waals surface area contributed by atoms with E-state index in [9.17, 15) is 13.2 Å². The number of hydrazone groups is 1. The van der Waals surface area contributed by atoms with E-state index in [-0.39, 0.29) is 12.1 Å². The van der Waals surface area contributed by atoms with Gasteiger partial charge in [-0.2, -0.15) is 18.3 Å². The fourth-order valence-corrected chi connectivity index (χ4v) is 4.72. The lowest BCUT2D eigenvalue weighted by Crippen LogP contribution is -2.38. The molecule has 1 fully saturated rings. The van der Waals surface area contributed by atoms with E-state index in [1.807, 2.05) is 51.1 Å². The summed E-state index contributed by atoms with van der Waals surface area (Å²) in [4.78, 5) is 2.30. The normalized spacial score (nSPS) is 21.1. The molecular weight excluding hydrogens is 463 g/mol. The standard InChI is InChI=1S/C24H27ClF3N3O.C2H6/c1-3-22-16(2)23(24(26,27)28)29-31(22)18-7-9-20(10-8-18)32-21-11-13-30(14-12-21)19-6-4-5-17(25)15-19;1-2/h4-10,15-16,21-22H,3,11-14H2,1-2H3;1-2H3/t16?,22-;/m0./s1. The Morgan fingerprint density at radius 3 is 2.24 bits per heavy atom. The highest BCUT2D eigenvalue weighted by atomic mass is 35.5. The molecule has 8 heteroatoms. The molecule has 186 valence electrons. The summed E-state index contributed by atoms with van der Waals surface area (Å²) in [5, 5.41) is 6.15. The summed E-state index contributed by atoms with van der Waals surface area (Å²) >= 11 is 6.10. The molecule has 0 spiro atoms.